The third-order valence-electron chi connectivity index (χ3n) is 3.08. The summed E-state index contributed by atoms with van der Waals surface area (Å²) in [6, 6.07) is -1.15. The summed E-state index contributed by atoms with van der Waals surface area (Å²) in [6.45, 7) is 1.79. The highest BCUT2D eigenvalue weighted by Crippen LogP contribution is 2.37. The lowest BCUT2D eigenvalue weighted by molar-refractivity contribution is -0.142. The number of carboxylic acids is 1. The van der Waals surface area contributed by atoms with Crippen molar-refractivity contribution in [2.24, 2.45) is 0 Å². The Balaban J connectivity index is 2.63. The summed E-state index contributed by atoms with van der Waals surface area (Å²) in [5.74, 6) is -0.904. The first kappa shape index (κ1) is 16.3. The van der Waals surface area contributed by atoms with Crippen LogP contribution in [0.3, 0.4) is 0 Å². The van der Waals surface area contributed by atoms with Gasteiger partial charge in [0.15, 0.2) is 0 Å². The van der Waals surface area contributed by atoms with Crippen LogP contribution in [-0.4, -0.2) is 54.0 Å². The smallest absolute Gasteiger partial charge is 0.326 e. The van der Waals surface area contributed by atoms with E-state index in [1.54, 1.807) is 6.92 Å². The second-order valence-electron chi connectivity index (χ2n) is 4.97. The minimum Gasteiger partial charge on any atom is -0.480 e. The molecule has 1 heterocycles. The molecule has 1 rings (SSSR count). The molecule has 1 amide bonds. The first-order valence-electron chi connectivity index (χ1n) is 5.99. The summed E-state index contributed by atoms with van der Waals surface area (Å²) >= 11 is 1.51. The predicted molar refractivity (Wildman–Crippen MR) is 74.0 cm³/mol. The van der Waals surface area contributed by atoms with E-state index >= 15 is 0 Å². The van der Waals surface area contributed by atoms with E-state index in [0.717, 1.165) is 18.4 Å². The molecule has 1 fully saturated rings. The molecule has 0 bridgehead atoms. The molecule has 2 unspecified atom stereocenters. The Labute approximate surface area is 117 Å². The van der Waals surface area contributed by atoms with Crippen LogP contribution in [0.5, 0.6) is 0 Å². The van der Waals surface area contributed by atoms with Crippen LogP contribution in [0.2, 0.25) is 0 Å². The van der Waals surface area contributed by atoms with Gasteiger partial charge < -0.3 is 10.4 Å². The zero-order valence-corrected chi connectivity index (χ0v) is 12.6. The molecule has 0 aromatic heterocycles. The monoisotopic (exact) mass is 309 g/mol. The molecule has 0 spiro atoms. The molecule has 110 valence electrons. The molecule has 1 aliphatic heterocycles. The van der Waals surface area contributed by atoms with Gasteiger partial charge in [0, 0.05) is 6.26 Å². The SMILES string of the molecule is CC1(C(=O)NC(CCS(C)(=O)=O)C(=O)O)CCCS1. The van der Waals surface area contributed by atoms with Gasteiger partial charge in [0.2, 0.25) is 5.91 Å². The van der Waals surface area contributed by atoms with Crippen LogP contribution in [-0.2, 0) is 19.4 Å². The number of thioether (sulfide) groups is 1. The maximum Gasteiger partial charge on any atom is 0.326 e. The van der Waals surface area contributed by atoms with Gasteiger partial charge in [-0.05, 0) is 31.9 Å². The second-order valence-corrected chi connectivity index (χ2v) is 8.82. The highest BCUT2D eigenvalue weighted by molar-refractivity contribution is 8.01. The summed E-state index contributed by atoms with van der Waals surface area (Å²) in [6.07, 6.45) is 2.57. The van der Waals surface area contributed by atoms with Crippen LogP contribution in [0.15, 0.2) is 0 Å². The molecular formula is C11H19NO5S2. The van der Waals surface area contributed by atoms with Gasteiger partial charge in [-0.15, -0.1) is 11.8 Å². The molecule has 2 N–H and O–H groups in total. The third kappa shape index (κ3) is 5.02. The molecule has 2 atom stereocenters. The molecule has 1 saturated heterocycles. The van der Waals surface area contributed by atoms with Gasteiger partial charge >= 0.3 is 5.97 Å². The number of hydrogen-bond donors (Lipinski definition) is 2. The van der Waals surface area contributed by atoms with E-state index in [9.17, 15) is 18.0 Å². The Hall–Kier alpha value is -0.760. The lowest BCUT2D eigenvalue weighted by Crippen LogP contribution is -2.49. The summed E-state index contributed by atoms with van der Waals surface area (Å²) in [5.41, 5.74) is 0. The van der Waals surface area contributed by atoms with E-state index < -0.39 is 26.6 Å². The third-order valence-corrected chi connectivity index (χ3v) is 5.58. The Morgan fingerprint density at radius 2 is 2.11 bits per heavy atom. The minimum absolute atomic E-state index is 0.110. The molecule has 19 heavy (non-hydrogen) atoms. The summed E-state index contributed by atoms with van der Waals surface area (Å²) in [5, 5.41) is 11.5. The predicted octanol–water partition coefficient (Wildman–Crippen LogP) is 0.276. The normalized spacial score (nSPS) is 24.9. The summed E-state index contributed by atoms with van der Waals surface area (Å²) in [7, 11) is -3.24. The average molecular weight is 309 g/mol. The number of amides is 1. The van der Waals surface area contributed by atoms with E-state index in [2.05, 4.69) is 5.32 Å². The van der Waals surface area contributed by atoms with Crippen LogP contribution in [0.4, 0.5) is 0 Å². The van der Waals surface area contributed by atoms with E-state index in [4.69, 9.17) is 5.11 Å². The molecule has 1 aliphatic rings. The Bertz CT molecular complexity index is 454. The Kier molecular flexibility index (Phi) is 5.26. The van der Waals surface area contributed by atoms with Crippen molar-refractivity contribution >= 4 is 33.5 Å². The summed E-state index contributed by atoms with van der Waals surface area (Å²) < 4.78 is 21.5. The molecule has 0 aromatic carbocycles. The van der Waals surface area contributed by atoms with Crippen molar-refractivity contribution in [1.82, 2.24) is 5.32 Å². The average Bonchev–Trinajstić information content (AvgIpc) is 2.70. The lowest BCUT2D eigenvalue weighted by Gasteiger charge is -2.24. The lowest BCUT2D eigenvalue weighted by atomic mass is 10.0. The van der Waals surface area contributed by atoms with Gasteiger partial charge in [0.25, 0.3) is 0 Å². The fraction of sp³-hybridized carbons (Fsp3) is 0.818. The molecule has 0 aliphatic carbocycles. The van der Waals surface area contributed by atoms with E-state index in [1.165, 1.54) is 11.8 Å². The van der Waals surface area contributed by atoms with Crippen molar-refractivity contribution < 1.29 is 23.1 Å². The van der Waals surface area contributed by atoms with Crippen molar-refractivity contribution in [3.05, 3.63) is 0 Å². The van der Waals surface area contributed by atoms with Gasteiger partial charge in [-0.25, -0.2) is 13.2 Å². The first-order chi connectivity index (χ1) is 8.64. The highest BCUT2D eigenvalue weighted by Gasteiger charge is 2.38. The number of carbonyl (C=O) groups excluding carboxylic acids is 1. The van der Waals surface area contributed by atoms with Crippen molar-refractivity contribution in [1.29, 1.82) is 0 Å². The maximum absolute atomic E-state index is 12.1. The van der Waals surface area contributed by atoms with Crippen molar-refractivity contribution in [3.63, 3.8) is 0 Å². The zero-order valence-electron chi connectivity index (χ0n) is 11.0. The van der Waals surface area contributed by atoms with Gasteiger partial charge in [-0.3, -0.25) is 4.79 Å². The molecule has 0 saturated carbocycles. The van der Waals surface area contributed by atoms with Crippen molar-refractivity contribution in [2.75, 3.05) is 17.8 Å². The molecular weight excluding hydrogens is 290 g/mol. The van der Waals surface area contributed by atoms with Crippen LogP contribution >= 0.6 is 11.8 Å². The number of rotatable bonds is 6. The van der Waals surface area contributed by atoms with Crippen LogP contribution < -0.4 is 5.32 Å². The van der Waals surface area contributed by atoms with E-state index in [0.29, 0.717) is 6.42 Å². The molecule has 8 heteroatoms. The van der Waals surface area contributed by atoms with Gasteiger partial charge in [0.1, 0.15) is 15.9 Å². The maximum atomic E-state index is 12.1. The standard InChI is InChI=1S/C11H19NO5S2/c1-11(5-3-6-18-11)10(15)12-8(9(13)14)4-7-19(2,16)17/h8H,3-7H2,1-2H3,(H,12,15)(H,13,14). The van der Waals surface area contributed by atoms with Crippen molar-refractivity contribution in [2.45, 2.75) is 37.0 Å². The van der Waals surface area contributed by atoms with Gasteiger partial charge in [0.05, 0.1) is 10.5 Å². The quantitative estimate of drug-likeness (QED) is 0.731. The van der Waals surface area contributed by atoms with Crippen LogP contribution in [0.25, 0.3) is 0 Å². The second kappa shape index (κ2) is 6.13. The fourth-order valence-electron chi connectivity index (χ4n) is 1.86. The van der Waals surface area contributed by atoms with Gasteiger partial charge in [-0.2, -0.15) is 0 Å². The summed E-state index contributed by atoms with van der Waals surface area (Å²) in [4.78, 5) is 23.1. The number of sulfone groups is 1. The fourth-order valence-corrected chi connectivity index (χ4v) is 3.74. The van der Waals surface area contributed by atoms with Crippen LogP contribution in [0, 0.1) is 0 Å². The number of carbonyl (C=O) groups is 2. The molecule has 0 aromatic rings. The molecule has 0 radical (unpaired) electrons. The largest absolute Gasteiger partial charge is 0.480 e. The molecule has 6 nitrogen and oxygen atoms in total. The van der Waals surface area contributed by atoms with Crippen LogP contribution in [0.1, 0.15) is 26.2 Å². The van der Waals surface area contributed by atoms with Crippen molar-refractivity contribution in [3.8, 4) is 0 Å². The van der Waals surface area contributed by atoms with E-state index in [1.807, 2.05) is 0 Å². The highest BCUT2D eigenvalue weighted by atomic mass is 32.2. The number of hydrogen-bond acceptors (Lipinski definition) is 5. The zero-order chi connectivity index (χ0) is 14.7. The topological polar surface area (TPSA) is 101 Å². The first-order valence-corrected chi connectivity index (χ1v) is 9.04. The number of carboxylic acid groups (broad SMARTS) is 1. The Morgan fingerprint density at radius 1 is 1.47 bits per heavy atom. The van der Waals surface area contributed by atoms with Gasteiger partial charge in [-0.1, -0.05) is 0 Å². The Morgan fingerprint density at radius 3 is 2.53 bits per heavy atom. The number of aliphatic carboxylic acids is 1. The number of nitrogens with one attached hydrogen (secondary N) is 1. The van der Waals surface area contributed by atoms with E-state index in [-0.39, 0.29) is 18.1 Å². The minimum atomic E-state index is -3.24.